The summed E-state index contributed by atoms with van der Waals surface area (Å²) in [5.74, 6) is 3.23. The van der Waals surface area contributed by atoms with Gasteiger partial charge in [-0.2, -0.15) is 0 Å². The average molecular weight is 419 g/mol. The molecule has 2 aromatic carbocycles. The van der Waals surface area contributed by atoms with Crippen LogP contribution in [0.1, 0.15) is 0 Å². The van der Waals surface area contributed by atoms with E-state index in [1.165, 1.54) is 0 Å². The van der Waals surface area contributed by atoms with Crippen molar-refractivity contribution in [3.63, 3.8) is 0 Å². The summed E-state index contributed by atoms with van der Waals surface area (Å²) < 4.78 is 23.9. The number of aromatic nitrogens is 2. The molecule has 0 saturated carbocycles. The molecule has 1 N–H and O–H groups in total. The molecule has 0 saturated heterocycles. The monoisotopic (exact) mass is 419 g/mol. The lowest BCUT2D eigenvalue weighted by molar-refractivity contribution is 0.324. The van der Waals surface area contributed by atoms with Gasteiger partial charge in [-0.25, -0.2) is 4.98 Å². The molecule has 0 bridgehead atoms. The van der Waals surface area contributed by atoms with Crippen LogP contribution in [0.3, 0.4) is 0 Å². The molecule has 2 aromatic heterocycles. The van der Waals surface area contributed by atoms with Crippen LogP contribution in [0.15, 0.2) is 54.7 Å². The molecule has 4 aromatic rings. The molecule has 0 amide bonds. The maximum atomic E-state index is 5.47. The van der Waals surface area contributed by atoms with E-state index < -0.39 is 0 Å². The SMILES string of the molecule is COc1cccc(-c2cc3c(Nc4cc(OC)c(OC)c(OC)c4)nccc3n2C)c1. The number of nitrogens with one attached hydrogen (secondary N) is 1. The number of fused-ring (bicyclic) bond motifs is 1. The van der Waals surface area contributed by atoms with Gasteiger partial charge in [0.05, 0.1) is 34.0 Å². The van der Waals surface area contributed by atoms with Crippen LogP contribution >= 0.6 is 0 Å². The maximum Gasteiger partial charge on any atom is 0.203 e. The second kappa shape index (κ2) is 8.47. The zero-order valence-electron chi connectivity index (χ0n) is 18.2. The summed E-state index contributed by atoms with van der Waals surface area (Å²) in [6.45, 7) is 0. The van der Waals surface area contributed by atoms with Gasteiger partial charge >= 0.3 is 0 Å². The van der Waals surface area contributed by atoms with Crippen LogP contribution in [0.2, 0.25) is 0 Å². The summed E-state index contributed by atoms with van der Waals surface area (Å²) in [5, 5.41) is 4.39. The van der Waals surface area contributed by atoms with Crippen LogP contribution < -0.4 is 24.3 Å². The Labute approximate surface area is 181 Å². The van der Waals surface area contributed by atoms with Crippen molar-refractivity contribution in [2.24, 2.45) is 7.05 Å². The average Bonchev–Trinajstić information content (AvgIpc) is 3.16. The lowest BCUT2D eigenvalue weighted by atomic mass is 10.1. The molecule has 0 aliphatic rings. The number of hydrogen-bond donors (Lipinski definition) is 1. The minimum atomic E-state index is 0.543. The number of pyridine rings is 1. The predicted molar refractivity (Wildman–Crippen MR) is 122 cm³/mol. The molecule has 7 nitrogen and oxygen atoms in total. The molecule has 7 heteroatoms. The van der Waals surface area contributed by atoms with Crippen molar-refractivity contribution in [3.8, 4) is 34.3 Å². The number of hydrogen-bond acceptors (Lipinski definition) is 6. The minimum Gasteiger partial charge on any atom is -0.497 e. The number of anilines is 2. The third-order valence-electron chi connectivity index (χ3n) is 5.26. The van der Waals surface area contributed by atoms with Crippen LogP contribution in [-0.2, 0) is 7.05 Å². The fourth-order valence-corrected chi connectivity index (χ4v) is 3.71. The van der Waals surface area contributed by atoms with Gasteiger partial charge in [-0.15, -0.1) is 0 Å². The van der Waals surface area contributed by atoms with E-state index in [1.807, 2.05) is 43.4 Å². The Morgan fingerprint density at radius 1 is 0.839 bits per heavy atom. The number of methoxy groups -OCH3 is 4. The van der Waals surface area contributed by atoms with E-state index in [2.05, 4.69) is 27.0 Å². The van der Waals surface area contributed by atoms with Crippen molar-refractivity contribution >= 4 is 22.4 Å². The van der Waals surface area contributed by atoms with Crippen LogP contribution in [0.4, 0.5) is 11.5 Å². The molecule has 0 atom stereocenters. The van der Waals surface area contributed by atoms with Gasteiger partial charge in [-0.1, -0.05) is 12.1 Å². The molecule has 0 radical (unpaired) electrons. The second-order valence-corrected chi connectivity index (χ2v) is 6.95. The van der Waals surface area contributed by atoms with Gasteiger partial charge in [0.1, 0.15) is 11.6 Å². The normalized spacial score (nSPS) is 10.7. The fourth-order valence-electron chi connectivity index (χ4n) is 3.71. The molecular formula is C24H25N3O4. The number of ether oxygens (including phenoxy) is 4. The third kappa shape index (κ3) is 3.70. The van der Waals surface area contributed by atoms with Gasteiger partial charge in [0.15, 0.2) is 11.5 Å². The first-order valence-corrected chi connectivity index (χ1v) is 9.75. The van der Waals surface area contributed by atoms with Gasteiger partial charge in [0.25, 0.3) is 0 Å². The quantitative estimate of drug-likeness (QED) is 0.454. The summed E-state index contributed by atoms with van der Waals surface area (Å²) in [5.41, 5.74) is 3.97. The first-order valence-electron chi connectivity index (χ1n) is 9.75. The standard InChI is InChI=1S/C24H25N3O4/c1-27-19-9-10-25-24(18(19)14-20(27)15-7-6-8-17(11-15)28-2)26-16-12-21(29-3)23(31-5)22(13-16)30-4/h6-14H,1-5H3,(H,25,26). The van der Waals surface area contributed by atoms with E-state index in [1.54, 1.807) is 34.6 Å². The molecule has 31 heavy (non-hydrogen) atoms. The fraction of sp³-hybridized carbons (Fsp3) is 0.208. The number of nitrogens with zero attached hydrogens (tertiary/aromatic N) is 2. The second-order valence-electron chi connectivity index (χ2n) is 6.95. The highest BCUT2D eigenvalue weighted by molar-refractivity contribution is 5.96. The lowest BCUT2D eigenvalue weighted by Gasteiger charge is -2.15. The van der Waals surface area contributed by atoms with Gasteiger partial charge in [-0.05, 0) is 24.3 Å². The molecule has 0 unspecified atom stereocenters. The Morgan fingerprint density at radius 2 is 1.58 bits per heavy atom. The molecule has 160 valence electrons. The highest BCUT2D eigenvalue weighted by Gasteiger charge is 2.16. The summed E-state index contributed by atoms with van der Waals surface area (Å²) in [6.07, 6.45) is 1.79. The summed E-state index contributed by atoms with van der Waals surface area (Å²) in [7, 11) is 8.49. The predicted octanol–water partition coefficient (Wildman–Crippen LogP) is 5.02. The first-order chi connectivity index (χ1) is 15.1. The number of rotatable bonds is 7. The van der Waals surface area contributed by atoms with E-state index in [-0.39, 0.29) is 0 Å². The van der Waals surface area contributed by atoms with Crippen LogP contribution in [0.25, 0.3) is 22.2 Å². The number of aryl methyl sites for hydroxylation is 1. The Balaban J connectivity index is 1.79. The lowest BCUT2D eigenvalue weighted by Crippen LogP contribution is -1.99. The Morgan fingerprint density at radius 3 is 2.23 bits per heavy atom. The number of benzene rings is 2. The van der Waals surface area contributed by atoms with Gasteiger partial charge in [0, 0.05) is 47.7 Å². The van der Waals surface area contributed by atoms with E-state index in [0.717, 1.165) is 39.4 Å². The van der Waals surface area contributed by atoms with Crippen LogP contribution in [0.5, 0.6) is 23.0 Å². The van der Waals surface area contributed by atoms with Crippen molar-refractivity contribution in [1.82, 2.24) is 9.55 Å². The maximum absolute atomic E-state index is 5.47. The van der Waals surface area contributed by atoms with E-state index in [4.69, 9.17) is 18.9 Å². The van der Waals surface area contributed by atoms with Gasteiger partial charge < -0.3 is 28.8 Å². The summed E-state index contributed by atoms with van der Waals surface area (Å²) >= 11 is 0. The molecule has 0 fully saturated rings. The third-order valence-corrected chi connectivity index (χ3v) is 5.26. The topological polar surface area (TPSA) is 66.8 Å². The molecule has 0 aliphatic heterocycles. The largest absolute Gasteiger partial charge is 0.497 e. The molecule has 2 heterocycles. The Bertz CT molecular complexity index is 1210. The summed E-state index contributed by atoms with van der Waals surface area (Å²) in [6, 6.07) is 15.8. The molecule has 0 spiro atoms. The van der Waals surface area contributed by atoms with Crippen molar-refractivity contribution in [2.75, 3.05) is 33.8 Å². The van der Waals surface area contributed by atoms with E-state index in [0.29, 0.717) is 17.2 Å². The van der Waals surface area contributed by atoms with Gasteiger partial charge in [-0.3, -0.25) is 0 Å². The Kier molecular flexibility index (Phi) is 5.58. The zero-order chi connectivity index (χ0) is 22.0. The molecule has 0 aliphatic carbocycles. The molecular weight excluding hydrogens is 394 g/mol. The zero-order valence-corrected chi connectivity index (χ0v) is 18.2. The van der Waals surface area contributed by atoms with E-state index in [9.17, 15) is 0 Å². The van der Waals surface area contributed by atoms with Crippen LogP contribution in [-0.4, -0.2) is 38.0 Å². The van der Waals surface area contributed by atoms with Crippen molar-refractivity contribution in [1.29, 1.82) is 0 Å². The summed E-state index contributed by atoms with van der Waals surface area (Å²) in [4.78, 5) is 4.58. The van der Waals surface area contributed by atoms with Crippen molar-refractivity contribution < 1.29 is 18.9 Å². The van der Waals surface area contributed by atoms with Crippen molar-refractivity contribution in [2.45, 2.75) is 0 Å². The highest BCUT2D eigenvalue weighted by atomic mass is 16.5. The first kappa shape index (κ1) is 20.4. The van der Waals surface area contributed by atoms with E-state index >= 15 is 0 Å². The highest BCUT2D eigenvalue weighted by Crippen LogP contribution is 2.41. The Hall–Kier alpha value is -3.87. The molecule has 4 rings (SSSR count). The van der Waals surface area contributed by atoms with Gasteiger partial charge in [0.2, 0.25) is 5.75 Å². The minimum absolute atomic E-state index is 0.543. The van der Waals surface area contributed by atoms with Crippen LogP contribution in [0, 0.1) is 0 Å². The van der Waals surface area contributed by atoms with Crippen molar-refractivity contribution in [3.05, 3.63) is 54.7 Å². The smallest absolute Gasteiger partial charge is 0.203 e.